The number of carbonyl (C=O) groups is 1. The maximum absolute atomic E-state index is 11.2. The first kappa shape index (κ1) is 11.9. The van der Waals surface area contributed by atoms with Crippen LogP contribution in [0.3, 0.4) is 0 Å². The molecule has 0 spiro atoms. The molecule has 1 amide bonds. The first-order valence-electron chi connectivity index (χ1n) is 5.61. The highest BCUT2D eigenvalue weighted by atomic mass is 16.4. The molecule has 1 heterocycles. The minimum absolute atomic E-state index is 0.305. The summed E-state index contributed by atoms with van der Waals surface area (Å²) in [7, 11) is 0. The van der Waals surface area contributed by atoms with Crippen molar-refractivity contribution in [3.63, 3.8) is 0 Å². The molecule has 0 aliphatic carbocycles. The van der Waals surface area contributed by atoms with Crippen LogP contribution in [0.4, 0.5) is 4.79 Å². The molecule has 92 valence electrons. The van der Waals surface area contributed by atoms with Gasteiger partial charge in [-0.25, -0.2) is 4.79 Å². The average Bonchev–Trinajstić information content (AvgIpc) is 2.73. The molecule has 3 N–H and O–H groups in total. The number of nitrogens with zero attached hydrogens (tertiary/aromatic N) is 1. The molecule has 2 atom stereocenters. The number of β-amino-alcohol motifs (C(OH)–C–C–N with tert-alkyl or cyclic N) is 1. The van der Waals surface area contributed by atoms with Crippen LogP contribution >= 0.6 is 0 Å². The third kappa shape index (κ3) is 2.75. The van der Waals surface area contributed by atoms with Crippen molar-refractivity contribution >= 4 is 6.09 Å². The van der Waals surface area contributed by atoms with Crippen molar-refractivity contribution < 1.29 is 15.0 Å². The van der Waals surface area contributed by atoms with Crippen molar-refractivity contribution in [2.75, 3.05) is 13.1 Å². The number of hydrogen-bond acceptors (Lipinski definition) is 3. The Hall–Kier alpha value is -1.59. The summed E-state index contributed by atoms with van der Waals surface area (Å²) in [6.07, 6.45) is -1.63. The van der Waals surface area contributed by atoms with E-state index in [1.54, 1.807) is 0 Å². The van der Waals surface area contributed by atoms with Gasteiger partial charge in [-0.05, 0) is 5.56 Å². The van der Waals surface area contributed by atoms with E-state index in [-0.39, 0.29) is 6.04 Å². The number of nitrogens with one attached hydrogen (secondary N) is 1. The maximum atomic E-state index is 11.2. The highest BCUT2D eigenvalue weighted by Gasteiger charge is 2.33. The van der Waals surface area contributed by atoms with Crippen LogP contribution < -0.4 is 5.32 Å². The van der Waals surface area contributed by atoms with Gasteiger partial charge < -0.3 is 15.5 Å². The van der Waals surface area contributed by atoms with Crippen molar-refractivity contribution in [3.05, 3.63) is 35.9 Å². The van der Waals surface area contributed by atoms with Crippen molar-refractivity contribution in [1.82, 2.24) is 10.2 Å². The summed E-state index contributed by atoms with van der Waals surface area (Å²) < 4.78 is 0. The molecule has 1 aromatic carbocycles. The van der Waals surface area contributed by atoms with Gasteiger partial charge in [-0.2, -0.15) is 0 Å². The monoisotopic (exact) mass is 236 g/mol. The van der Waals surface area contributed by atoms with E-state index in [2.05, 4.69) is 5.32 Å². The largest absolute Gasteiger partial charge is 0.465 e. The molecule has 1 fully saturated rings. The zero-order valence-corrected chi connectivity index (χ0v) is 9.41. The molecule has 0 saturated carbocycles. The lowest BCUT2D eigenvalue weighted by atomic mass is 10.1. The molecule has 0 aromatic heterocycles. The van der Waals surface area contributed by atoms with E-state index in [1.807, 2.05) is 30.3 Å². The summed E-state index contributed by atoms with van der Waals surface area (Å²) in [4.78, 5) is 12.5. The van der Waals surface area contributed by atoms with E-state index in [1.165, 1.54) is 4.90 Å². The fourth-order valence-electron chi connectivity index (χ4n) is 2.08. The van der Waals surface area contributed by atoms with Crippen molar-refractivity contribution in [2.24, 2.45) is 0 Å². The number of aliphatic hydroxyl groups is 1. The van der Waals surface area contributed by atoms with Crippen molar-refractivity contribution in [2.45, 2.75) is 18.7 Å². The van der Waals surface area contributed by atoms with E-state index < -0.39 is 12.2 Å². The summed E-state index contributed by atoms with van der Waals surface area (Å²) in [5.41, 5.74) is 0.925. The summed E-state index contributed by atoms with van der Waals surface area (Å²) in [5.74, 6) is 0. The second-order valence-electron chi connectivity index (χ2n) is 4.19. The molecule has 1 saturated heterocycles. The predicted molar refractivity (Wildman–Crippen MR) is 62.7 cm³/mol. The topological polar surface area (TPSA) is 72.8 Å². The van der Waals surface area contributed by atoms with Gasteiger partial charge in [-0.1, -0.05) is 30.3 Å². The number of amides is 1. The minimum atomic E-state index is -0.999. The first-order valence-corrected chi connectivity index (χ1v) is 5.61. The van der Waals surface area contributed by atoms with Gasteiger partial charge >= 0.3 is 6.09 Å². The summed E-state index contributed by atoms with van der Waals surface area (Å²) in [5, 5.41) is 21.9. The van der Waals surface area contributed by atoms with E-state index >= 15 is 0 Å². The molecule has 5 nitrogen and oxygen atoms in total. The zero-order chi connectivity index (χ0) is 12.3. The van der Waals surface area contributed by atoms with Gasteiger partial charge in [0.05, 0.1) is 12.1 Å². The Morgan fingerprint density at radius 2 is 2.06 bits per heavy atom. The van der Waals surface area contributed by atoms with E-state index in [0.29, 0.717) is 19.6 Å². The summed E-state index contributed by atoms with van der Waals surface area (Å²) >= 11 is 0. The highest BCUT2D eigenvalue weighted by molar-refractivity contribution is 5.65. The molecule has 0 bridgehead atoms. The molecule has 17 heavy (non-hydrogen) atoms. The molecule has 0 unspecified atom stereocenters. The normalized spacial score (nSPS) is 23.6. The third-order valence-corrected chi connectivity index (χ3v) is 2.99. The van der Waals surface area contributed by atoms with Gasteiger partial charge in [0.1, 0.15) is 0 Å². The quantitative estimate of drug-likeness (QED) is 0.714. The Kier molecular flexibility index (Phi) is 3.61. The van der Waals surface area contributed by atoms with Crippen LogP contribution in [0, 0.1) is 0 Å². The molecule has 1 aliphatic rings. The smallest absolute Gasteiger partial charge is 0.407 e. The van der Waals surface area contributed by atoms with Crippen molar-refractivity contribution in [3.8, 4) is 0 Å². The Labute approximate surface area is 99.7 Å². The van der Waals surface area contributed by atoms with Gasteiger partial charge in [0.2, 0.25) is 0 Å². The van der Waals surface area contributed by atoms with Crippen LogP contribution in [0.1, 0.15) is 5.56 Å². The van der Waals surface area contributed by atoms with E-state index in [0.717, 1.165) is 5.56 Å². The van der Waals surface area contributed by atoms with Gasteiger partial charge in [0, 0.05) is 19.6 Å². The molecular formula is C12H16N2O3. The number of rotatable bonds is 3. The Bertz CT molecular complexity index is 383. The minimum Gasteiger partial charge on any atom is -0.465 e. The summed E-state index contributed by atoms with van der Waals surface area (Å²) in [6, 6.07) is 9.03. The fraction of sp³-hybridized carbons (Fsp3) is 0.417. The number of aliphatic hydroxyl groups excluding tert-OH is 1. The second kappa shape index (κ2) is 5.16. The maximum Gasteiger partial charge on any atom is 0.407 e. The van der Waals surface area contributed by atoms with Crippen LogP contribution in [0.5, 0.6) is 0 Å². The van der Waals surface area contributed by atoms with E-state index in [4.69, 9.17) is 0 Å². The Morgan fingerprint density at radius 1 is 1.35 bits per heavy atom. The Morgan fingerprint density at radius 3 is 2.59 bits per heavy atom. The van der Waals surface area contributed by atoms with Crippen LogP contribution in [0.15, 0.2) is 30.3 Å². The molecular weight excluding hydrogens is 220 g/mol. The second-order valence-corrected chi connectivity index (χ2v) is 4.19. The lowest BCUT2D eigenvalue weighted by Crippen LogP contribution is -2.45. The number of carboxylic acid groups (broad SMARTS) is 1. The third-order valence-electron chi connectivity index (χ3n) is 2.99. The van der Waals surface area contributed by atoms with Crippen LogP contribution in [-0.4, -0.2) is 46.4 Å². The number of benzene rings is 1. The zero-order valence-electron chi connectivity index (χ0n) is 9.41. The van der Waals surface area contributed by atoms with Gasteiger partial charge in [-0.3, -0.25) is 4.90 Å². The SMILES string of the molecule is O=C(O)N(Cc1ccccc1)[C@@H]1CNC[C@H]1O. The highest BCUT2D eigenvalue weighted by Crippen LogP contribution is 2.14. The molecule has 5 heteroatoms. The lowest BCUT2D eigenvalue weighted by Gasteiger charge is -2.27. The van der Waals surface area contributed by atoms with Gasteiger partial charge in [0.15, 0.2) is 0 Å². The van der Waals surface area contributed by atoms with Crippen LogP contribution in [0.25, 0.3) is 0 Å². The lowest BCUT2D eigenvalue weighted by molar-refractivity contribution is 0.0705. The fourth-order valence-corrected chi connectivity index (χ4v) is 2.08. The van der Waals surface area contributed by atoms with Crippen LogP contribution in [-0.2, 0) is 6.54 Å². The van der Waals surface area contributed by atoms with Gasteiger partial charge in [0.25, 0.3) is 0 Å². The first-order chi connectivity index (χ1) is 8.18. The van der Waals surface area contributed by atoms with E-state index in [9.17, 15) is 15.0 Å². The average molecular weight is 236 g/mol. The van der Waals surface area contributed by atoms with Gasteiger partial charge in [-0.15, -0.1) is 0 Å². The van der Waals surface area contributed by atoms with Crippen LogP contribution in [0.2, 0.25) is 0 Å². The van der Waals surface area contributed by atoms with Crippen molar-refractivity contribution in [1.29, 1.82) is 0 Å². The Balaban J connectivity index is 2.10. The summed E-state index contributed by atoms with van der Waals surface area (Å²) in [6.45, 7) is 1.25. The standard InChI is InChI=1S/C12H16N2O3/c15-11-7-13-6-10(11)14(12(16)17)8-9-4-2-1-3-5-9/h1-5,10-11,13,15H,6-8H2,(H,16,17)/t10-,11-/m1/s1. The molecule has 0 radical (unpaired) electrons. The molecule has 1 aliphatic heterocycles. The predicted octanol–water partition coefficient (Wildman–Crippen LogP) is 0.499. The molecule has 1 aromatic rings. The number of hydrogen-bond donors (Lipinski definition) is 3. The molecule has 2 rings (SSSR count).